The largest absolute Gasteiger partial charge is 0.497 e. The quantitative estimate of drug-likeness (QED) is 0.683. The molecule has 0 spiro atoms. The molecule has 2 heterocycles. The van der Waals surface area contributed by atoms with Crippen molar-refractivity contribution < 1.29 is 9.53 Å². The minimum Gasteiger partial charge on any atom is -0.497 e. The zero-order valence-corrected chi connectivity index (χ0v) is 17.6. The van der Waals surface area contributed by atoms with Crippen molar-refractivity contribution in [1.29, 1.82) is 0 Å². The fraction of sp³-hybridized carbons (Fsp3) is 0.550. The monoisotopic (exact) mass is 403 g/mol. The van der Waals surface area contributed by atoms with Crippen molar-refractivity contribution in [2.24, 2.45) is 11.8 Å². The van der Waals surface area contributed by atoms with Gasteiger partial charge in [-0.25, -0.2) is 0 Å². The van der Waals surface area contributed by atoms with E-state index in [9.17, 15) is 4.79 Å². The van der Waals surface area contributed by atoms with Crippen molar-refractivity contribution in [2.75, 3.05) is 39.0 Å². The smallest absolute Gasteiger partial charge is 0.230 e. The molecule has 1 N–H and O–H groups in total. The summed E-state index contributed by atoms with van der Waals surface area (Å²) in [4.78, 5) is 14.7. The predicted molar refractivity (Wildman–Crippen MR) is 111 cm³/mol. The third kappa shape index (κ3) is 5.72. The minimum atomic E-state index is 0.0207. The molecule has 8 heteroatoms. The first-order chi connectivity index (χ1) is 13.5. The second-order valence-electron chi connectivity index (χ2n) is 7.53. The third-order valence-corrected chi connectivity index (χ3v) is 5.84. The van der Waals surface area contributed by atoms with Gasteiger partial charge in [-0.3, -0.25) is 9.36 Å². The molecular formula is C20H29N5O2S. The molecule has 0 aliphatic carbocycles. The van der Waals surface area contributed by atoms with Crippen LogP contribution in [0.25, 0.3) is 5.69 Å². The van der Waals surface area contributed by atoms with Gasteiger partial charge >= 0.3 is 0 Å². The van der Waals surface area contributed by atoms with E-state index in [0.29, 0.717) is 17.5 Å². The summed E-state index contributed by atoms with van der Waals surface area (Å²) in [6.07, 6.45) is 2.95. The number of nitrogens with zero attached hydrogens (tertiary/aromatic N) is 4. The van der Waals surface area contributed by atoms with Crippen LogP contribution in [-0.4, -0.2) is 64.6 Å². The number of hydrogen-bond acceptors (Lipinski definition) is 6. The highest BCUT2D eigenvalue weighted by molar-refractivity contribution is 7.99. The van der Waals surface area contributed by atoms with Gasteiger partial charge in [0.1, 0.15) is 12.1 Å². The van der Waals surface area contributed by atoms with E-state index in [-0.39, 0.29) is 5.91 Å². The van der Waals surface area contributed by atoms with Gasteiger partial charge < -0.3 is 15.0 Å². The molecule has 1 saturated heterocycles. The number of ether oxygens (including phenoxy) is 1. The number of carbonyl (C=O) groups is 1. The lowest BCUT2D eigenvalue weighted by molar-refractivity contribution is -0.118. The van der Waals surface area contributed by atoms with Crippen molar-refractivity contribution >= 4 is 17.7 Å². The maximum Gasteiger partial charge on any atom is 0.230 e. The molecule has 2 unspecified atom stereocenters. The molecule has 1 aromatic heterocycles. The Morgan fingerprint density at radius 2 is 1.96 bits per heavy atom. The Hall–Kier alpha value is -2.06. The Balaban J connectivity index is 1.44. The lowest BCUT2D eigenvalue weighted by Crippen LogP contribution is -2.43. The number of carbonyl (C=O) groups excluding carboxylic acids is 1. The van der Waals surface area contributed by atoms with Gasteiger partial charge in [-0.1, -0.05) is 25.6 Å². The summed E-state index contributed by atoms with van der Waals surface area (Å²) in [5, 5.41) is 11.8. The zero-order valence-electron chi connectivity index (χ0n) is 16.8. The summed E-state index contributed by atoms with van der Waals surface area (Å²) in [5.74, 6) is 2.61. The van der Waals surface area contributed by atoms with Crippen LogP contribution in [0.5, 0.6) is 5.75 Å². The molecule has 1 aliphatic rings. The standard InChI is InChI=1S/C20H29N5O2S/c1-15-10-16(2)12-24(11-15)9-8-21-19(26)13-28-20-23-22-14-25(20)17-4-6-18(27-3)7-5-17/h4-7,14-16H,8-13H2,1-3H3,(H,21,26). The van der Waals surface area contributed by atoms with Crippen LogP contribution < -0.4 is 10.1 Å². The Bertz CT molecular complexity index is 754. The number of rotatable bonds is 8. The molecule has 3 rings (SSSR count). The van der Waals surface area contributed by atoms with Gasteiger partial charge in [0.15, 0.2) is 5.16 Å². The molecular weight excluding hydrogens is 374 g/mol. The van der Waals surface area contributed by atoms with Crippen LogP contribution in [0.3, 0.4) is 0 Å². The number of benzene rings is 1. The van der Waals surface area contributed by atoms with Crippen LogP contribution in [0.2, 0.25) is 0 Å². The fourth-order valence-electron chi connectivity index (χ4n) is 3.75. The molecule has 0 bridgehead atoms. The van der Waals surface area contributed by atoms with E-state index in [1.54, 1.807) is 13.4 Å². The van der Waals surface area contributed by atoms with E-state index < -0.39 is 0 Å². The highest BCUT2D eigenvalue weighted by Gasteiger charge is 2.21. The van der Waals surface area contributed by atoms with E-state index in [1.165, 1.54) is 18.2 Å². The maximum absolute atomic E-state index is 12.2. The van der Waals surface area contributed by atoms with E-state index in [0.717, 1.165) is 42.9 Å². The Morgan fingerprint density at radius 3 is 2.64 bits per heavy atom. The van der Waals surface area contributed by atoms with Crippen LogP contribution in [-0.2, 0) is 4.79 Å². The summed E-state index contributed by atoms with van der Waals surface area (Å²) in [6.45, 7) is 8.45. The number of thioether (sulfide) groups is 1. The zero-order chi connectivity index (χ0) is 19.9. The van der Waals surface area contributed by atoms with Crippen LogP contribution in [0.1, 0.15) is 20.3 Å². The summed E-state index contributed by atoms with van der Waals surface area (Å²) in [5.41, 5.74) is 0.932. The van der Waals surface area contributed by atoms with E-state index >= 15 is 0 Å². The Kier molecular flexibility index (Phi) is 7.33. The lowest BCUT2D eigenvalue weighted by Gasteiger charge is -2.34. The van der Waals surface area contributed by atoms with E-state index in [2.05, 4.69) is 34.3 Å². The number of methoxy groups -OCH3 is 1. The number of aromatic nitrogens is 3. The van der Waals surface area contributed by atoms with Gasteiger partial charge in [0, 0.05) is 31.9 Å². The summed E-state index contributed by atoms with van der Waals surface area (Å²) >= 11 is 1.39. The van der Waals surface area contributed by atoms with E-state index in [1.807, 2.05) is 28.8 Å². The molecule has 1 aromatic carbocycles. The van der Waals surface area contributed by atoms with Crippen molar-refractivity contribution in [3.05, 3.63) is 30.6 Å². The van der Waals surface area contributed by atoms with Gasteiger partial charge in [0.25, 0.3) is 0 Å². The van der Waals surface area contributed by atoms with Crippen molar-refractivity contribution in [1.82, 2.24) is 25.0 Å². The maximum atomic E-state index is 12.2. The molecule has 2 aromatic rings. The van der Waals surface area contributed by atoms with Gasteiger partial charge in [0.2, 0.25) is 5.91 Å². The molecule has 2 atom stereocenters. The lowest BCUT2D eigenvalue weighted by atomic mass is 9.92. The molecule has 152 valence electrons. The first kappa shape index (κ1) is 20.7. The molecule has 7 nitrogen and oxygen atoms in total. The Labute approximate surface area is 170 Å². The molecule has 0 radical (unpaired) electrons. The number of likely N-dealkylation sites (tertiary alicyclic amines) is 1. The van der Waals surface area contributed by atoms with Crippen LogP contribution in [0.15, 0.2) is 35.7 Å². The Morgan fingerprint density at radius 1 is 1.25 bits per heavy atom. The third-order valence-electron chi connectivity index (χ3n) is 4.89. The van der Waals surface area contributed by atoms with Crippen molar-refractivity contribution in [2.45, 2.75) is 25.4 Å². The number of nitrogens with one attached hydrogen (secondary N) is 1. The SMILES string of the molecule is COc1ccc(-n2cnnc2SCC(=O)NCCN2CC(C)CC(C)C2)cc1. The first-order valence-electron chi connectivity index (χ1n) is 9.71. The van der Waals surface area contributed by atoms with Crippen molar-refractivity contribution in [3.63, 3.8) is 0 Å². The molecule has 0 saturated carbocycles. The minimum absolute atomic E-state index is 0.0207. The fourth-order valence-corrected chi connectivity index (χ4v) is 4.51. The molecule has 1 aliphatic heterocycles. The highest BCUT2D eigenvalue weighted by atomic mass is 32.2. The van der Waals surface area contributed by atoms with Crippen LogP contribution in [0.4, 0.5) is 0 Å². The molecule has 1 amide bonds. The second kappa shape index (κ2) is 9.93. The van der Waals surface area contributed by atoms with Gasteiger partial charge in [-0.05, 0) is 42.5 Å². The summed E-state index contributed by atoms with van der Waals surface area (Å²) < 4.78 is 7.06. The summed E-state index contributed by atoms with van der Waals surface area (Å²) in [7, 11) is 1.64. The number of amides is 1. The summed E-state index contributed by atoms with van der Waals surface area (Å²) in [6, 6.07) is 7.65. The van der Waals surface area contributed by atoms with Gasteiger partial charge in [-0.2, -0.15) is 0 Å². The van der Waals surface area contributed by atoms with Crippen LogP contribution in [0, 0.1) is 11.8 Å². The molecule has 1 fully saturated rings. The highest BCUT2D eigenvalue weighted by Crippen LogP contribution is 2.22. The van der Waals surface area contributed by atoms with Crippen molar-refractivity contribution in [3.8, 4) is 11.4 Å². The van der Waals surface area contributed by atoms with Crippen LogP contribution >= 0.6 is 11.8 Å². The van der Waals surface area contributed by atoms with E-state index in [4.69, 9.17) is 4.74 Å². The van der Waals surface area contributed by atoms with Gasteiger partial charge in [-0.15, -0.1) is 10.2 Å². The topological polar surface area (TPSA) is 72.3 Å². The van der Waals surface area contributed by atoms with Gasteiger partial charge in [0.05, 0.1) is 12.9 Å². The predicted octanol–water partition coefficient (Wildman–Crippen LogP) is 2.46. The number of hydrogen-bond donors (Lipinski definition) is 1. The average Bonchev–Trinajstić information content (AvgIpc) is 3.14. The number of piperidine rings is 1. The average molecular weight is 404 g/mol. The molecule has 28 heavy (non-hydrogen) atoms. The first-order valence-corrected chi connectivity index (χ1v) is 10.7. The second-order valence-corrected chi connectivity index (χ2v) is 8.47. The normalized spacial score (nSPS) is 20.1.